The molecular weight excluding hydrogens is 329 g/mol. The number of rotatable bonds is 3. The third kappa shape index (κ3) is 2.79. The van der Waals surface area contributed by atoms with E-state index in [4.69, 9.17) is 22.3 Å². The van der Waals surface area contributed by atoms with Crippen molar-refractivity contribution in [3.8, 4) is 0 Å². The van der Waals surface area contributed by atoms with Crippen LogP contribution in [0.25, 0.3) is 10.9 Å². The molecule has 3 aromatic rings. The molecule has 1 aromatic heterocycles. The van der Waals surface area contributed by atoms with Gasteiger partial charge in [0.2, 0.25) is 0 Å². The number of benzene rings is 2. The number of hydrogen-bond donors (Lipinski definition) is 0. The number of fused-ring (bicyclic) bond motifs is 1. The number of aromatic nitrogens is 1. The quantitative estimate of drug-likeness (QED) is 0.668. The maximum Gasteiger partial charge on any atom is 0.263 e. The van der Waals surface area contributed by atoms with Crippen molar-refractivity contribution >= 4 is 42.2 Å². The Hall–Kier alpha value is -1.49. The van der Waals surface area contributed by atoms with Gasteiger partial charge in [-0.2, -0.15) is 0 Å². The molecule has 0 fully saturated rings. The number of para-hydroxylation sites is 1. The van der Waals surface area contributed by atoms with Crippen molar-refractivity contribution < 1.29 is 8.42 Å². The summed E-state index contributed by atoms with van der Waals surface area (Å²) in [6, 6.07) is 14.7. The summed E-state index contributed by atoms with van der Waals surface area (Å²) in [5.41, 5.74) is 1.72. The zero-order valence-corrected chi connectivity index (χ0v) is 13.2. The van der Waals surface area contributed by atoms with Crippen LogP contribution in [0.4, 0.5) is 0 Å². The Labute approximate surface area is 132 Å². The van der Waals surface area contributed by atoms with Crippen molar-refractivity contribution in [2.24, 2.45) is 0 Å². The average molecular weight is 340 g/mol. The van der Waals surface area contributed by atoms with Crippen molar-refractivity contribution in [1.82, 2.24) is 4.57 Å². The van der Waals surface area contributed by atoms with E-state index in [2.05, 4.69) is 0 Å². The molecule has 0 atom stereocenters. The van der Waals surface area contributed by atoms with Gasteiger partial charge < -0.3 is 4.57 Å². The fraction of sp³-hybridized carbons (Fsp3) is 0.0667. The minimum Gasteiger partial charge on any atom is -0.342 e. The lowest BCUT2D eigenvalue weighted by atomic mass is 10.2. The molecule has 3 rings (SSSR count). The van der Waals surface area contributed by atoms with E-state index in [9.17, 15) is 8.42 Å². The Bertz CT molecular complexity index is 916. The first kappa shape index (κ1) is 14.4. The highest BCUT2D eigenvalue weighted by Crippen LogP contribution is 2.29. The molecule has 0 aliphatic rings. The highest BCUT2D eigenvalue weighted by molar-refractivity contribution is 8.14. The Morgan fingerprint density at radius 2 is 1.67 bits per heavy atom. The van der Waals surface area contributed by atoms with Crippen LogP contribution < -0.4 is 0 Å². The molecule has 0 radical (unpaired) electrons. The van der Waals surface area contributed by atoms with E-state index >= 15 is 0 Å². The van der Waals surface area contributed by atoms with Gasteiger partial charge in [-0.3, -0.25) is 0 Å². The molecule has 0 N–H and O–H groups in total. The number of halogens is 2. The molecule has 0 saturated carbocycles. The van der Waals surface area contributed by atoms with Crippen LogP contribution in [0.1, 0.15) is 5.56 Å². The van der Waals surface area contributed by atoms with Gasteiger partial charge in [-0.15, -0.1) is 0 Å². The molecule has 21 heavy (non-hydrogen) atoms. The Morgan fingerprint density at radius 3 is 2.38 bits per heavy atom. The summed E-state index contributed by atoms with van der Waals surface area (Å²) < 4.78 is 25.3. The molecule has 0 bridgehead atoms. The molecule has 0 aliphatic carbocycles. The first-order chi connectivity index (χ1) is 9.97. The van der Waals surface area contributed by atoms with Crippen LogP contribution in [0.3, 0.4) is 0 Å². The molecule has 0 saturated heterocycles. The lowest BCUT2D eigenvalue weighted by molar-refractivity contribution is 0.610. The molecule has 0 spiro atoms. The second-order valence-corrected chi connectivity index (χ2v) is 7.61. The van der Waals surface area contributed by atoms with Crippen LogP contribution >= 0.6 is 22.3 Å². The smallest absolute Gasteiger partial charge is 0.263 e. The molecular formula is C15H11Cl2NO2S. The summed E-state index contributed by atoms with van der Waals surface area (Å²) in [5.74, 6) is 0. The second-order valence-electron chi connectivity index (χ2n) is 4.67. The van der Waals surface area contributed by atoms with E-state index in [1.165, 1.54) is 0 Å². The summed E-state index contributed by atoms with van der Waals surface area (Å²) >= 11 is 6.16. The fourth-order valence-electron chi connectivity index (χ4n) is 2.35. The number of nitrogens with zero attached hydrogens (tertiary/aromatic N) is 1. The zero-order valence-electron chi connectivity index (χ0n) is 10.8. The molecule has 2 aromatic carbocycles. The standard InChI is InChI=1S/C15H11Cl2NO2S/c16-13-7-3-1-5-11(13)9-18-10-15(21(17,19)20)12-6-2-4-8-14(12)18/h1-8,10H,9H2. The molecule has 6 heteroatoms. The molecule has 3 nitrogen and oxygen atoms in total. The van der Waals surface area contributed by atoms with Crippen molar-refractivity contribution in [3.63, 3.8) is 0 Å². The van der Waals surface area contributed by atoms with Crippen molar-refractivity contribution in [1.29, 1.82) is 0 Å². The summed E-state index contributed by atoms with van der Waals surface area (Å²) in [6.07, 6.45) is 1.55. The zero-order chi connectivity index (χ0) is 15.0. The first-order valence-corrected chi connectivity index (χ1v) is 8.91. The molecule has 0 aliphatic heterocycles. The van der Waals surface area contributed by atoms with Gasteiger partial charge in [0, 0.05) is 39.3 Å². The largest absolute Gasteiger partial charge is 0.342 e. The van der Waals surface area contributed by atoms with Crippen molar-refractivity contribution in [2.75, 3.05) is 0 Å². The van der Waals surface area contributed by atoms with Crippen LogP contribution in [0, 0.1) is 0 Å². The maximum atomic E-state index is 11.7. The summed E-state index contributed by atoms with van der Waals surface area (Å²) in [6.45, 7) is 0.479. The Kier molecular flexibility index (Phi) is 3.69. The Morgan fingerprint density at radius 1 is 1.00 bits per heavy atom. The van der Waals surface area contributed by atoms with Crippen molar-refractivity contribution in [3.05, 3.63) is 65.3 Å². The van der Waals surface area contributed by atoms with E-state index in [0.29, 0.717) is 17.0 Å². The van der Waals surface area contributed by atoms with E-state index in [1.54, 1.807) is 18.3 Å². The predicted octanol–water partition coefficient (Wildman–Crippen LogP) is 4.27. The van der Waals surface area contributed by atoms with Gasteiger partial charge in [0.25, 0.3) is 9.05 Å². The molecule has 0 amide bonds. The van der Waals surface area contributed by atoms with Crippen LogP contribution in [0.15, 0.2) is 59.6 Å². The average Bonchev–Trinajstić information content (AvgIpc) is 2.81. The van der Waals surface area contributed by atoms with Gasteiger partial charge in [0.05, 0.1) is 0 Å². The van der Waals surface area contributed by atoms with Gasteiger partial charge in [0.1, 0.15) is 4.90 Å². The predicted molar refractivity (Wildman–Crippen MR) is 85.5 cm³/mol. The van der Waals surface area contributed by atoms with Gasteiger partial charge >= 0.3 is 0 Å². The summed E-state index contributed by atoms with van der Waals surface area (Å²) in [4.78, 5) is 0.117. The van der Waals surface area contributed by atoms with E-state index < -0.39 is 9.05 Å². The highest BCUT2D eigenvalue weighted by atomic mass is 35.7. The lowest BCUT2D eigenvalue weighted by Gasteiger charge is -2.07. The monoisotopic (exact) mass is 339 g/mol. The van der Waals surface area contributed by atoms with Gasteiger partial charge in [0.15, 0.2) is 0 Å². The minimum absolute atomic E-state index is 0.117. The Balaban J connectivity index is 2.18. The SMILES string of the molecule is O=S(=O)(Cl)c1cn(Cc2ccccc2Cl)c2ccccc12. The van der Waals surface area contributed by atoms with Crippen LogP contribution in [-0.2, 0) is 15.6 Å². The first-order valence-electron chi connectivity index (χ1n) is 6.23. The summed E-state index contributed by atoms with van der Waals surface area (Å²) in [7, 11) is 1.73. The van der Waals surface area contributed by atoms with Gasteiger partial charge in [-0.05, 0) is 17.7 Å². The van der Waals surface area contributed by atoms with Crippen LogP contribution in [0.5, 0.6) is 0 Å². The lowest BCUT2D eigenvalue weighted by Crippen LogP contribution is -1.98. The van der Waals surface area contributed by atoms with E-state index in [1.807, 2.05) is 41.0 Å². The van der Waals surface area contributed by atoms with Gasteiger partial charge in [-0.25, -0.2) is 8.42 Å². The topological polar surface area (TPSA) is 39.1 Å². The fourth-order valence-corrected chi connectivity index (χ4v) is 3.60. The third-order valence-corrected chi connectivity index (χ3v) is 5.03. The van der Waals surface area contributed by atoms with E-state index in [-0.39, 0.29) is 4.90 Å². The molecule has 0 unspecified atom stereocenters. The summed E-state index contributed by atoms with van der Waals surface area (Å²) in [5, 5.41) is 1.25. The highest BCUT2D eigenvalue weighted by Gasteiger charge is 2.18. The normalized spacial score (nSPS) is 11.9. The molecule has 1 heterocycles. The minimum atomic E-state index is -3.79. The number of hydrogen-bond acceptors (Lipinski definition) is 2. The van der Waals surface area contributed by atoms with Crippen LogP contribution in [0.2, 0.25) is 5.02 Å². The second kappa shape index (κ2) is 5.37. The maximum absolute atomic E-state index is 11.7. The van der Waals surface area contributed by atoms with E-state index in [0.717, 1.165) is 11.1 Å². The van der Waals surface area contributed by atoms with Gasteiger partial charge in [-0.1, -0.05) is 48.0 Å². The molecule has 108 valence electrons. The third-order valence-electron chi connectivity index (χ3n) is 3.31. The van der Waals surface area contributed by atoms with Crippen molar-refractivity contribution in [2.45, 2.75) is 11.4 Å². The van der Waals surface area contributed by atoms with Crippen LogP contribution in [-0.4, -0.2) is 13.0 Å².